The maximum atomic E-state index is 12.6. The van der Waals surface area contributed by atoms with Crippen LogP contribution in [0.3, 0.4) is 0 Å². The number of thiophene rings is 1. The van der Waals surface area contributed by atoms with Gasteiger partial charge in [-0.3, -0.25) is 4.79 Å². The Hall–Kier alpha value is -1.39. The van der Waals surface area contributed by atoms with Crippen molar-refractivity contribution in [2.75, 3.05) is 13.2 Å². The van der Waals surface area contributed by atoms with Gasteiger partial charge in [-0.1, -0.05) is 18.2 Å². The van der Waals surface area contributed by atoms with Crippen LogP contribution < -0.4 is 0 Å². The molecule has 3 nitrogen and oxygen atoms in total. The minimum Gasteiger partial charge on any atom is -0.394 e. The first-order chi connectivity index (χ1) is 9.22. The molecule has 0 radical (unpaired) electrons. The van der Waals surface area contributed by atoms with E-state index in [0.717, 1.165) is 39.9 Å². The normalized spacial score (nSPS) is 19.3. The molecule has 2 heterocycles. The van der Waals surface area contributed by atoms with E-state index in [1.165, 1.54) is 0 Å². The second kappa shape index (κ2) is 4.94. The van der Waals surface area contributed by atoms with Gasteiger partial charge in [0.1, 0.15) is 0 Å². The van der Waals surface area contributed by atoms with Crippen LogP contribution >= 0.6 is 11.3 Å². The molecule has 2 aromatic rings. The quantitative estimate of drug-likeness (QED) is 0.915. The van der Waals surface area contributed by atoms with Crippen LogP contribution in [-0.4, -0.2) is 35.1 Å². The lowest BCUT2D eigenvalue weighted by Gasteiger charge is -2.22. The highest BCUT2D eigenvalue weighted by molar-refractivity contribution is 7.21. The monoisotopic (exact) mass is 275 g/mol. The molecule has 1 fully saturated rings. The zero-order valence-corrected chi connectivity index (χ0v) is 11.7. The summed E-state index contributed by atoms with van der Waals surface area (Å²) in [5.41, 5.74) is 1.06. The fraction of sp³-hybridized carbons (Fsp3) is 0.400. The number of hydrogen-bond acceptors (Lipinski definition) is 3. The van der Waals surface area contributed by atoms with Crippen LogP contribution in [-0.2, 0) is 0 Å². The number of benzene rings is 1. The molecule has 1 N–H and O–H groups in total. The third-order valence-corrected chi connectivity index (χ3v) is 5.15. The summed E-state index contributed by atoms with van der Waals surface area (Å²) < 4.78 is 1.16. The van der Waals surface area contributed by atoms with E-state index >= 15 is 0 Å². The fourth-order valence-corrected chi connectivity index (χ4v) is 3.97. The second-order valence-corrected chi connectivity index (χ2v) is 6.08. The summed E-state index contributed by atoms with van der Waals surface area (Å²) in [4.78, 5) is 15.3. The van der Waals surface area contributed by atoms with Crippen molar-refractivity contribution in [3.8, 4) is 0 Å². The molecular weight excluding hydrogens is 258 g/mol. The second-order valence-electron chi connectivity index (χ2n) is 5.03. The lowest BCUT2D eigenvalue weighted by molar-refractivity contribution is 0.0682. The number of hydrogen-bond donors (Lipinski definition) is 1. The van der Waals surface area contributed by atoms with Gasteiger partial charge in [0.05, 0.1) is 17.5 Å². The minimum atomic E-state index is -0.00267. The third-order valence-electron chi connectivity index (χ3n) is 3.89. The molecule has 4 heteroatoms. The van der Waals surface area contributed by atoms with Gasteiger partial charge in [-0.05, 0) is 36.8 Å². The standard InChI is InChI=1S/C15H17NO2S/c1-10-12-6-2-3-7-13(12)19-14(10)15(18)16-8-4-5-11(16)9-17/h2-3,6-7,11,17H,4-5,8-9H2,1H3. The van der Waals surface area contributed by atoms with Crippen LogP contribution in [0.25, 0.3) is 10.1 Å². The number of carbonyl (C=O) groups excluding carboxylic acids is 1. The Kier molecular flexibility index (Phi) is 3.29. The van der Waals surface area contributed by atoms with Crippen molar-refractivity contribution in [2.45, 2.75) is 25.8 Å². The van der Waals surface area contributed by atoms with Crippen molar-refractivity contribution in [3.05, 3.63) is 34.7 Å². The number of amides is 1. The molecule has 0 bridgehead atoms. The number of aryl methyl sites for hydroxylation is 1. The van der Waals surface area contributed by atoms with Crippen molar-refractivity contribution in [1.82, 2.24) is 4.90 Å². The van der Waals surface area contributed by atoms with Crippen molar-refractivity contribution in [2.24, 2.45) is 0 Å². The molecule has 3 rings (SSSR count). The van der Waals surface area contributed by atoms with Gasteiger partial charge in [0.15, 0.2) is 0 Å². The molecule has 1 aromatic carbocycles. The minimum absolute atomic E-state index is 0.00267. The molecule has 0 saturated carbocycles. The number of carbonyl (C=O) groups is 1. The van der Waals surface area contributed by atoms with Gasteiger partial charge in [0, 0.05) is 11.2 Å². The zero-order valence-electron chi connectivity index (χ0n) is 10.9. The van der Waals surface area contributed by atoms with Gasteiger partial charge < -0.3 is 10.0 Å². The largest absolute Gasteiger partial charge is 0.394 e. The summed E-state index contributed by atoms with van der Waals surface area (Å²) in [6, 6.07) is 8.11. The Morgan fingerprint density at radius 2 is 2.26 bits per heavy atom. The smallest absolute Gasteiger partial charge is 0.264 e. The van der Waals surface area contributed by atoms with Crippen molar-refractivity contribution in [3.63, 3.8) is 0 Å². The van der Waals surface area contributed by atoms with Crippen LogP contribution in [0.4, 0.5) is 0 Å². The number of aliphatic hydroxyl groups is 1. The molecule has 1 unspecified atom stereocenters. The first-order valence-electron chi connectivity index (χ1n) is 6.62. The van der Waals surface area contributed by atoms with Gasteiger partial charge in [-0.25, -0.2) is 0 Å². The van der Waals surface area contributed by atoms with Crippen LogP contribution in [0.2, 0.25) is 0 Å². The molecule has 19 heavy (non-hydrogen) atoms. The summed E-state index contributed by atoms with van der Waals surface area (Å²) in [6.07, 6.45) is 1.90. The Balaban J connectivity index is 2.00. The molecule has 1 atom stereocenters. The van der Waals surface area contributed by atoms with Crippen molar-refractivity contribution >= 4 is 27.3 Å². The van der Waals surface area contributed by atoms with E-state index in [-0.39, 0.29) is 18.6 Å². The SMILES string of the molecule is Cc1c(C(=O)N2CCCC2CO)sc2ccccc12. The molecule has 0 spiro atoms. The first-order valence-corrected chi connectivity index (χ1v) is 7.44. The predicted molar refractivity (Wildman–Crippen MR) is 77.7 cm³/mol. The van der Waals surface area contributed by atoms with E-state index in [4.69, 9.17) is 0 Å². The van der Waals surface area contributed by atoms with Crippen LogP contribution in [0.15, 0.2) is 24.3 Å². The lowest BCUT2D eigenvalue weighted by Crippen LogP contribution is -2.37. The van der Waals surface area contributed by atoms with Crippen LogP contribution in [0.5, 0.6) is 0 Å². The van der Waals surface area contributed by atoms with Gasteiger partial charge >= 0.3 is 0 Å². The van der Waals surface area contributed by atoms with E-state index in [0.29, 0.717) is 0 Å². The number of aliphatic hydroxyl groups excluding tert-OH is 1. The molecule has 0 aliphatic carbocycles. The van der Waals surface area contributed by atoms with Crippen molar-refractivity contribution in [1.29, 1.82) is 0 Å². The maximum Gasteiger partial charge on any atom is 0.264 e. The van der Waals surface area contributed by atoms with Gasteiger partial charge in [0.25, 0.3) is 5.91 Å². The lowest BCUT2D eigenvalue weighted by atomic mass is 10.1. The molecule has 1 amide bonds. The summed E-state index contributed by atoms with van der Waals surface area (Å²) in [5, 5.41) is 10.5. The molecule has 1 saturated heterocycles. The van der Waals surface area contributed by atoms with E-state index in [1.54, 1.807) is 11.3 Å². The highest BCUT2D eigenvalue weighted by Crippen LogP contribution is 2.32. The van der Waals surface area contributed by atoms with Crippen LogP contribution in [0.1, 0.15) is 28.1 Å². The molecular formula is C15H17NO2S. The topological polar surface area (TPSA) is 40.5 Å². The van der Waals surface area contributed by atoms with E-state index in [2.05, 4.69) is 12.1 Å². The summed E-state index contributed by atoms with van der Waals surface area (Å²) in [7, 11) is 0. The number of rotatable bonds is 2. The number of nitrogens with zero attached hydrogens (tertiary/aromatic N) is 1. The van der Waals surface area contributed by atoms with Gasteiger partial charge in [0.2, 0.25) is 0 Å². The average Bonchev–Trinajstić information content (AvgIpc) is 3.03. The van der Waals surface area contributed by atoms with E-state index in [1.807, 2.05) is 24.0 Å². The fourth-order valence-electron chi connectivity index (χ4n) is 2.80. The Labute approximate surface area is 116 Å². The molecule has 1 aliphatic heterocycles. The highest BCUT2D eigenvalue weighted by atomic mass is 32.1. The summed E-state index contributed by atoms with van der Waals surface area (Å²) >= 11 is 1.56. The third kappa shape index (κ3) is 2.05. The van der Waals surface area contributed by atoms with Gasteiger partial charge in [-0.15, -0.1) is 11.3 Å². The molecule has 1 aromatic heterocycles. The van der Waals surface area contributed by atoms with E-state index < -0.39 is 0 Å². The average molecular weight is 275 g/mol. The Morgan fingerprint density at radius 1 is 1.47 bits per heavy atom. The number of fused-ring (bicyclic) bond motifs is 1. The Bertz CT molecular complexity index is 620. The Morgan fingerprint density at radius 3 is 3.00 bits per heavy atom. The first kappa shape index (κ1) is 12.6. The molecule has 100 valence electrons. The summed E-state index contributed by atoms with van der Waals surface area (Å²) in [6.45, 7) is 2.84. The van der Waals surface area contributed by atoms with Crippen LogP contribution in [0, 0.1) is 6.92 Å². The summed E-state index contributed by atoms with van der Waals surface area (Å²) in [5.74, 6) is 0.0789. The highest BCUT2D eigenvalue weighted by Gasteiger charge is 2.30. The predicted octanol–water partition coefficient (Wildman–Crippen LogP) is 2.81. The number of likely N-dealkylation sites (tertiary alicyclic amines) is 1. The molecule has 1 aliphatic rings. The maximum absolute atomic E-state index is 12.6. The zero-order chi connectivity index (χ0) is 13.4. The van der Waals surface area contributed by atoms with E-state index in [9.17, 15) is 9.90 Å². The van der Waals surface area contributed by atoms with Crippen molar-refractivity contribution < 1.29 is 9.90 Å². The van der Waals surface area contributed by atoms with Gasteiger partial charge in [-0.2, -0.15) is 0 Å².